The third kappa shape index (κ3) is 2.29. The van der Waals surface area contributed by atoms with Crippen LogP contribution in [0.15, 0.2) is 66.7 Å². The van der Waals surface area contributed by atoms with Gasteiger partial charge in [0.2, 0.25) is 11.8 Å². The number of imide groups is 1. The highest BCUT2D eigenvalue weighted by atomic mass is 35.5. The number of amides is 2. The Morgan fingerprint density at radius 3 is 2.12 bits per heavy atom. The molecule has 3 aliphatic carbocycles. The van der Waals surface area contributed by atoms with E-state index in [1.54, 1.807) is 0 Å². The summed E-state index contributed by atoms with van der Waals surface area (Å²) in [4.78, 5) is 53.2. The Morgan fingerprint density at radius 2 is 1.56 bits per heavy atom. The lowest BCUT2D eigenvalue weighted by atomic mass is 9.46. The molecule has 1 aliphatic heterocycles. The summed E-state index contributed by atoms with van der Waals surface area (Å²) in [5.74, 6) is -3.35. The van der Waals surface area contributed by atoms with Crippen LogP contribution >= 0.6 is 11.6 Å². The molecule has 0 N–H and O–H groups in total. The molecule has 2 atom stereocenters. The molecule has 7 rings (SSSR count). The monoisotopic (exact) mass is 472 g/mol. The Balaban J connectivity index is 1.63. The molecule has 3 aromatic rings. The molecule has 3 aromatic carbocycles. The molecule has 0 unspecified atom stereocenters. The van der Waals surface area contributed by atoms with E-state index in [-0.39, 0.29) is 16.5 Å². The summed E-state index contributed by atoms with van der Waals surface area (Å²) < 4.78 is 0. The number of anilines is 1. The van der Waals surface area contributed by atoms with Crippen molar-refractivity contribution in [3.05, 3.63) is 104 Å². The van der Waals surface area contributed by atoms with Crippen LogP contribution in [0, 0.1) is 22.0 Å². The van der Waals surface area contributed by atoms with Crippen molar-refractivity contribution in [2.45, 2.75) is 18.3 Å². The van der Waals surface area contributed by atoms with E-state index < -0.39 is 45.6 Å². The van der Waals surface area contributed by atoms with E-state index in [0.29, 0.717) is 0 Å². The van der Waals surface area contributed by atoms with E-state index in [2.05, 4.69) is 0 Å². The van der Waals surface area contributed by atoms with Gasteiger partial charge in [0.1, 0.15) is 10.8 Å². The standard InChI is InChI=1S/C26H17ClN2O5/c1-13(30)26-17-8-4-2-6-15(17)21(16-7-3-5-9-18(16)26)22-23(26)25(32)28(24(22)31)14-10-11-19(27)20(12-14)29(33)34/h2-12,21-23H,1H3/t21?,22-,23+,26?/m1/s1. The van der Waals surface area contributed by atoms with Gasteiger partial charge in [-0.25, -0.2) is 4.90 Å². The molecule has 1 fully saturated rings. The number of Topliss-reactive ketones (excluding diaryl/α,β-unsaturated/α-hetero) is 1. The molecule has 1 heterocycles. The molecule has 168 valence electrons. The summed E-state index contributed by atoms with van der Waals surface area (Å²) >= 11 is 5.96. The molecule has 34 heavy (non-hydrogen) atoms. The zero-order valence-corrected chi connectivity index (χ0v) is 18.7. The lowest BCUT2D eigenvalue weighted by Gasteiger charge is -2.52. The van der Waals surface area contributed by atoms with Crippen molar-refractivity contribution < 1.29 is 19.3 Å². The Bertz CT molecular complexity index is 1420. The molecule has 7 nitrogen and oxygen atoms in total. The highest BCUT2D eigenvalue weighted by Gasteiger charge is 2.70. The largest absolute Gasteiger partial charge is 0.299 e. The zero-order valence-electron chi connectivity index (χ0n) is 17.9. The van der Waals surface area contributed by atoms with Crippen molar-refractivity contribution in [1.82, 2.24) is 0 Å². The van der Waals surface area contributed by atoms with Gasteiger partial charge in [0.25, 0.3) is 5.69 Å². The van der Waals surface area contributed by atoms with Gasteiger partial charge in [-0.15, -0.1) is 0 Å². The number of benzene rings is 3. The highest BCUT2D eigenvalue weighted by molar-refractivity contribution is 6.33. The number of hydrogen-bond acceptors (Lipinski definition) is 5. The lowest BCUT2D eigenvalue weighted by Crippen LogP contribution is -2.57. The Hall–Kier alpha value is -3.84. The van der Waals surface area contributed by atoms with Crippen molar-refractivity contribution in [2.75, 3.05) is 4.90 Å². The summed E-state index contributed by atoms with van der Waals surface area (Å²) in [6.45, 7) is 1.46. The average molecular weight is 473 g/mol. The maximum Gasteiger partial charge on any atom is 0.289 e. The van der Waals surface area contributed by atoms with E-state index in [0.717, 1.165) is 33.2 Å². The molecule has 0 aromatic heterocycles. The van der Waals surface area contributed by atoms with Crippen molar-refractivity contribution in [3.8, 4) is 0 Å². The second-order valence-electron chi connectivity index (χ2n) is 8.92. The Labute approximate surface area is 199 Å². The first-order valence-electron chi connectivity index (χ1n) is 10.8. The predicted molar refractivity (Wildman–Crippen MR) is 124 cm³/mol. The first-order valence-corrected chi connectivity index (χ1v) is 11.2. The van der Waals surface area contributed by atoms with Crippen LogP contribution < -0.4 is 4.90 Å². The third-order valence-corrected chi connectivity index (χ3v) is 7.88. The first-order chi connectivity index (χ1) is 16.3. The number of carbonyl (C=O) groups excluding carboxylic acids is 3. The number of rotatable bonds is 3. The van der Waals surface area contributed by atoms with Crippen LogP contribution in [0.4, 0.5) is 11.4 Å². The minimum Gasteiger partial charge on any atom is -0.299 e. The van der Waals surface area contributed by atoms with Crippen LogP contribution in [0.1, 0.15) is 35.1 Å². The SMILES string of the molecule is CC(=O)C12c3ccccc3C(c3ccccc31)[C@H]1C(=O)N(c3ccc(Cl)c([N+](=O)[O-])c3)C(=O)[C@H]12. The normalized spacial score (nSPS) is 26.2. The van der Waals surface area contributed by atoms with Crippen LogP contribution in [-0.2, 0) is 19.8 Å². The van der Waals surface area contributed by atoms with Gasteiger partial charge in [0.15, 0.2) is 0 Å². The summed E-state index contributed by atoms with van der Waals surface area (Å²) in [5.41, 5.74) is 1.59. The lowest BCUT2D eigenvalue weighted by molar-refractivity contribution is -0.384. The number of nitrogens with zero attached hydrogens (tertiary/aromatic N) is 2. The molecule has 0 spiro atoms. The average Bonchev–Trinajstić information content (AvgIpc) is 3.10. The zero-order chi connectivity index (χ0) is 23.9. The van der Waals surface area contributed by atoms with Crippen LogP contribution in [-0.4, -0.2) is 22.5 Å². The summed E-state index contributed by atoms with van der Waals surface area (Å²) in [5, 5.41) is 11.4. The fraction of sp³-hybridized carbons (Fsp3) is 0.192. The smallest absolute Gasteiger partial charge is 0.289 e. The molecule has 1 saturated heterocycles. The van der Waals surface area contributed by atoms with Gasteiger partial charge >= 0.3 is 0 Å². The quantitative estimate of drug-likeness (QED) is 0.320. The number of hydrogen-bond donors (Lipinski definition) is 0. The topological polar surface area (TPSA) is 97.6 Å². The van der Waals surface area contributed by atoms with Crippen LogP contribution in [0.25, 0.3) is 0 Å². The maximum atomic E-state index is 14.0. The Kier molecular flexibility index (Phi) is 4.17. The highest BCUT2D eigenvalue weighted by Crippen LogP contribution is 2.64. The van der Waals surface area contributed by atoms with E-state index in [1.165, 1.54) is 19.1 Å². The molecule has 2 amide bonds. The number of ketones is 1. The van der Waals surface area contributed by atoms with Gasteiger partial charge in [-0.3, -0.25) is 24.5 Å². The van der Waals surface area contributed by atoms with Gasteiger partial charge < -0.3 is 0 Å². The van der Waals surface area contributed by atoms with Gasteiger partial charge in [-0.05, 0) is 41.3 Å². The van der Waals surface area contributed by atoms with Crippen molar-refractivity contribution >= 4 is 40.6 Å². The third-order valence-electron chi connectivity index (χ3n) is 7.56. The van der Waals surface area contributed by atoms with E-state index >= 15 is 0 Å². The number of nitro benzene ring substituents is 1. The predicted octanol–water partition coefficient (Wildman–Crippen LogP) is 4.39. The second-order valence-corrected chi connectivity index (χ2v) is 9.33. The van der Waals surface area contributed by atoms with Gasteiger partial charge in [-0.2, -0.15) is 0 Å². The van der Waals surface area contributed by atoms with Crippen LogP contribution in [0.2, 0.25) is 5.02 Å². The maximum absolute atomic E-state index is 14.0. The summed E-state index contributed by atoms with van der Waals surface area (Å²) in [6.07, 6.45) is 0. The second kappa shape index (κ2) is 6.84. The van der Waals surface area contributed by atoms with Gasteiger partial charge in [0, 0.05) is 12.0 Å². The van der Waals surface area contributed by atoms with Crippen LogP contribution in [0.3, 0.4) is 0 Å². The summed E-state index contributed by atoms with van der Waals surface area (Å²) in [6, 6.07) is 18.8. The minimum absolute atomic E-state index is 0.0757. The fourth-order valence-electron chi connectivity index (χ4n) is 6.40. The minimum atomic E-state index is -1.31. The summed E-state index contributed by atoms with van der Waals surface area (Å²) in [7, 11) is 0. The molecular formula is C26H17ClN2O5. The van der Waals surface area contributed by atoms with Crippen LogP contribution in [0.5, 0.6) is 0 Å². The molecule has 4 aliphatic rings. The van der Waals surface area contributed by atoms with Gasteiger partial charge in [-0.1, -0.05) is 60.1 Å². The number of carbonyl (C=O) groups is 3. The van der Waals surface area contributed by atoms with E-state index in [1.807, 2.05) is 48.5 Å². The van der Waals surface area contributed by atoms with E-state index in [9.17, 15) is 24.5 Å². The number of halogens is 1. The first kappa shape index (κ1) is 20.7. The molecule has 8 heteroatoms. The van der Waals surface area contributed by atoms with Gasteiger partial charge in [0.05, 0.1) is 27.9 Å². The van der Waals surface area contributed by atoms with Crippen molar-refractivity contribution in [2.24, 2.45) is 11.8 Å². The molecule has 0 saturated carbocycles. The molecular weight excluding hydrogens is 456 g/mol. The molecule has 2 bridgehead atoms. The Morgan fingerprint density at radius 1 is 0.971 bits per heavy atom. The van der Waals surface area contributed by atoms with E-state index in [4.69, 9.17) is 11.6 Å². The van der Waals surface area contributed by atoms with Crippen molar-refractivity contribution in [3.63, 3.8) is 0 Å². The molecule has 0 radical (unpaired) electrons. The number of nitro groups is 1. The van der Waals surface area contributed by atoms with Crippen molar-refractivity contribution in [1.29, 1.82) is 0 Å². The fourth-order valence-corrected chi connectivity index (χ4v) is 6.59.